The van der Waals surface area contributed by atoms with Gasteiger partial charge in [0.25, 0.3) is 15.9 Å². The average molecular weight is 370 g/mol. The van der Waals surface area contributed by atoms with Crippen LogP contribution in [0.2, 0.25) is 0 Å². The van der Waals surface area contributed by atoms with Crippen molar-refractivity contribution in [2.24, 2.45) is 11.8 Å². The van der Waals surface area contributed by atoms with Gasteiger partial charge in [0, 0.05) is 17.3 Å². The van der Waals surface area contributed by atoms with E-state index >= 15 is 0 Å². The average Bonchev–Trinajstić information content (AvgIpc) is 3.26. The van der Waals surface area contributed by atoms with E-state index in [1.165, 1.54) is 19.3 Å². The molecule has 2 aromatic carbocycles. The lowest BCUT2D eigenvalue weighted by Gasteiger charge is -2.22. The van der Waals surface area contributed by atoms with Crippen LogP contribution in [0.4, 0.5) is 5.69 Å². The highest BCUT2D eigenvalue weighted by Crippen LogP contribution is 2.44. The number of carbonyl (C=O) groups excluding carboxylic acids is 1. The van der Waals surface area contributed by atoms with Crippen LogP contribution in [0.3, 0.4) is 0 Å². The van der Waals surface area contributed by atoms with Crippen molar-refractivity contribution in [3.63, 3.8) is 0 Å². The number of anilines is 1. The summed E-state index contributed by atoms with van der Waals surface area (Å²) in [5.74, 6) is 1.32. The SMILES string of the molecule is O=C(N[C@H]1C[C@@H]2CC[C@H]1C2)c1ccc(NS(=O)(=O)c2ccccc2)cc1. The number of hydrogen-bond donors (Lipinski definition) is 2. The van der Waals surface area contributed by atoms with Crippen LogP contribution in [0.25, 0.3) is 0 Å². The Bertz CT molecular complexity index is 894. The van der Waals surface area contributed by atoms with Crippen LogP contribution in [0.5, 0.6) is 0 Å². The summed E-state index contributed by atoms with van der Waals surface area (Å²) >= 11 is 0. The molecule has 26 heavy (non-hydrogen) atoms. The van der Waals surface area contributed by atoms with Crippen molar-refractivity contribution in [3.8, 4) is 0 Å². The Labute approximate surface area is 153 Å². The second-order valence-electron chi connectivity index (χ2n) is 7.25. The molecule has 0 heterocycles. The van der Waals surface area contributed by atoms with Gasteiger partial charge in [-0.15, -0.1) is 0 Å². The number of sulfonamides is 1. The highest BCUT2D eigenvalue weighted by molar-refractivity contribution is 7.92. The quantitative estimate of drug-likeness (QED) is 0.847. The van der Waals surface area contributed by atoms with Gasteiger partial charge in [0.2, 0.25) is 0 Å². The van der Waals surface area contributed by atoms with Crippen molar-refractivity contribution in [3.05, 3.63) is 60.2 Å². The maximum absolute atomic E-state index is 12.4. The first-order valence-electron chi connectivity index (χ1n) is 9.00. The predicted molar refractivity (Wildman–Crippen MR) is 100 cm³/mol. The Morgan fingerprint density at radius 2 is 1.65 bits per heavy atom. The molecular weight excluding hydrogens is 348 g/mol. The minimum absolute atomic E-state index is 0.0833. The first kappa shape index (κ1) is 17.1. The van der Waals surface area contributed by atoms with Crippen LogP contribution in [0, 0.1) is 11.8 Å². The number of hydrogen-bond acceptors (Lipinski definition) is 3. The third kappa shape index (κ3) is 3.46. The molecule has 2 N–H and O–H groups in total. The molecule has 0 aliphatic heterocycles. The van der Waals surface area contributed by atoms with E-state index in [4.69, 9.17) is 0 Å². The normalized spacial score (nSPS) is 24.4. The van der Waals surface area contributed by atoms with Gasteiger partial charge in [-0.05, 0) is 67.5 Å². The van der Waals surface area contributed by atoms with E-state index in [2.05, 4.69) is 10.0 Å². The molecule has 0 saturated heterocycles. The van der Waals surface area contributed by atoms with Crippen molar-refractivity contribution >= 4 is 21.6 Å². The number of rotatable bonds is 5. The van der Waals surface area contributed by atoms with E-state index < -0.39 is 10.0 Å². The molecule has 136 valence electrons. The number of fused-ring (bicyclic) bond motifs is 2. The molecule has 0 unspecified atom stereocenters. The van der Waals surface area contributed by atoms with E-state index in [9.17, 15) is 13.2 Å². The Balaban J connectivity index is 1.41. The standard InChI is InChI=1S/C20H22N2O3S/c23-20(21-19-13-14-6-7-16(19)12-14)15-8-10-17(11-9-15)22-26(24,25)18-4-2-1-3-5-18/h1-5,8-11,14,16,19,22H,6-7,12-13H2,(H,21,23)/t14-,16+,19+/m1/s1. The summed E-state index contributed by atoms with van der Waals surface area (Å²) in [6, 6.07) is 15.1. The summed E-state index contributed by atoms with van der Waals surface area (Å²) in [5, 5.41) is 3.14. The molecule has 2 aromatic rings. The summed E-state index contributed by atoms with van der Waals surface area (Å²) in [7, 11) is -3.62. The monoisotopic (exact) mass is 370 g/mol. The lowest BCUT2D eigenvalue weighted by molar-refractivity contribution is 0.0923. The highest BCUT2D eigenvalue weighted by atomic mass is 32.2. The zero-order chi connectivity index (χ0) is 18.1. The minimum atomic E-state index is -3.62. The van der Waals surface area contributed by atoms with Gasteiger partial charge in [0.05, 0.1) is 4.90 Å². The van der Waals surface area contributed by atoms with Crippen LogP contribution in [0.15, 0.2) is 59.5 Å². The van der Waals surface area contributed by atoms with Gasteiger partial charge in [-0.1, -0.05) is 24.6 Å². The van der Waals surface area contributed by atoms with Crippen molar-refractivity contribution in [1.82, 2.24) is 5.32 Å². The fourth-order valence-corrected chi connectivity index (χ4v) is 5.26. The molecule has 4 rings (SSSR count). The maximum atomic E-state index is 12.4. The van der Waals surface area contributed by atoms with Crippen molar-refractivity contribution in [1.29, 1.82) is 0 Å². The molecule has 5 nitrogen and oxygen atoms in total. The lowest BCUT2D eigenvalue weighted by atomic mass is 9.95. The van der Waals surface area contributed by atoms with E-state index in [0.29, 0.717) is 17.2 Å². The summed E-state index contributed by atoms with van der Waals surface area (Å²) in [6.07, 6.45) is 4.85. The first-order chi connectivity index (χ1) is 12.5. The predicted octanol–water partition coefficient (Wildman–Crippen LogP) is 3.41. The van der Waals surface area contributed by atoms with Gasteiger partial charge in [0.1, 0.15) is 0 Å². The molecular formula is C20H22N2O3S. The largest absolute Gasteiger partial charge is 0.349 e. The smallest absolute Gasteiger partial charge is 0.261 e. The van der Waals surface area contributed by atoms with Crippen LogP contribution >= 0.6 is 0 Å². The molecule has 0 radical (unpaired) electrons. The van der Waals surface area contributed by atoms with Crippen LogP contribution in [0.1, 0.15) is 36.0 Å². The fraction of sp³-hybridized carbons (Fsp3) is 0.350. The van der Waals surface area contributed by atoms with Crippen LogP contribution in [-0.2, 0) is 10.0 Å². The molecule has 2 fully saturated rings. The summed E-state index contributed by atoms with van der Waals surface area (Å²) < 4.78 is 27.2. The number of carbonyl (C=O) groups is 1. The third-order valence-corrected chi connectivity index (χ3v) is 6.90. The number of amides is 1. The molecule has 2 aliphatic rings. The second kappa shape index (κ2) is 6.76. The minimum Gasteiger partial charge on any atom is -0.349 e. The van der Waals surface area contributed by atoms with Gasteiger partial charge in [-0.25, -0.2) is 8.42 Å². The topological polar surface area (TPSA) is 75.3 Å². The van der Waals surface area contributed by atoms with Gasteiger partial charge in [-0.2, -0.15) is 0 Å². The van der Waals surface area contributed by atoms with Gasteiger partial charge in [-0.3, -0.25) is 9.52 Å². The maximum Gasteiger partial charge on any atom is 0.261 e. The van der Waals surface area contributed by atoms with Gasteiger partial charge >= 0.3 is 0 Å². The van der Waals surface area contributed by atoms with Crippen molar-refractivity contribution in [2.75, 3.05) is 4.72 Å². The molecule has 6 heteroatoms. The Morgan fingerprint density at radius 1 is 0.923 bits per heavy atom. The van der Waals surface area contributed by atoms with Crippen LogP contribution < -0.4 is 10.0 Å². The van der Waals surface area contributed by atoms with E-state index in [1.54, 1.807) is 54.6 Å². The van der Waals surface area contributed by atoms with E-state index in [0.717, 1.165) is 12.3 Å². The fourth-order valence-electron chi connectivity index (χ4n) is 4.18. The molecule has 3 atom stereocenters. The Hall–Kier alpha value is -2.34. The Morgan fingerprint density at radius 3 is 2.27 bits per heavy atom. The first-order valence-corrected chi connectivity index (χ1v) is 10.5. The molecule has 2 aliphatic carbocycles. The van der Waals surface area contributed by atoms with Crippen LogP contribution in [-0.4, -0.2) is 20.4 Å². The zero-order valence-corrected chi connectivity index (χ0v) is 15.2. The molecule has 0 aromatic heterocycles. The number of nitrogens with one attached hydrogen (secondary N) is 2. The summed E-state index contributed by atoms with van der Waals surface area (Å²) in [4.78, 5) is 12.7. The summed E-state index contributed by atoms with van der Waals surface area (Å²) in [6.45, 7) is 0. The lowest BCUT2D eigenvalue weighted by Crippen LogP contribution is -2.38. The molecule has 0 spiro atoms. The van der Waals surface area contributed by atoms with Gasteiger partial charge in [0.15, 0.2) is 0 Å². The van der Waals surface area contributed by atoms with E-state index in [1.807, 2.05) is 0 Å². The summed E-state index contributed by atoms with van der Waals surface area (Å²) in [5.41, 5.74) is 0.987. The van der Waals surface area contributed by atoms with Gasteiger partial charge < -0.3 is 5.32 Å². The second-order valence-corrected chi connectivity index (χ2v) is 8.93. The highest BCUT2D eigenvalue weighted by Gasteiger charge is 2.40. The van der Waals surface area contributed by atoms with Crippen molar-refractivity contribution in [2.45, 2.75) is 36.6 Å². The Kier molecular flexibility index (Phi) is 4.44. The molecule has 2 bridgehead atoms. The molecule has 2 saturated carbocycles. The number of benzene rings is 2. The molecule has 1 amide bonds. The van der Waals surface area contributed by atoms with E-state index in [-0.39, 0.29) is 16.8 Å². The third-order valence-electron chi connectivity index (χ3n) is 5.51. The zero-order valence-electron chi connectivity index (χ0n) is 14.4. The van der Waals surface area contributed by atoms with Crippen molar-refractivity contribution < 1.29 is 13.2 Å².